The number of hydrogen-bond donors (Lipinski definition) is 2. The van der Waals surface area contributed by atoms with Gasteiger partial charge < -0.3 is 20.2 Å². The minimum atomic E-state index is 0.265. The van der Waals surface area contributed by atoms with Crippen LogP contribution in [-0.2, 0) is 13.0 Å². The molecule has 8 nitrogen and oxygen atoms in total. The summed E-state index contributed by atoms with van der Waals surface area (Å²) in [5, 5.41) is 17.9. The van der Waals surface area contributed by atoms with Crippen molar-refractivity contribution in [2.24, 2.45) is 0 Å². The van der Waals surface area contributed by atoms with E-state index in [1.807, 2.05) is 35.1 Å². The molecule has 1 saturated heterocycles. The van der Waals surface area contributed by atoms with Crippen molar-refractivity contribution in [3.63, 3.8) is 0 Å². The summed E-state index contributed by atoms with van der Waals surface area (Å²) in [7, 11) is 0. The smallest absolute Gasteiger partial charge is 0.205 e. The molecule has 0 bridgehead atoms. The Morgan fingerprint density at radius 1 is 1.22 bits per heavy atom. The van der Waals surface area contributed by atoms with Crippen LogP contribution in [0.3, 0.4) is 0 Å². The number of rotatable bonds is 6. The Bertz CT molecular complexity index is 1280. The average molecular weight is 428 g/mol. The number of hydrogen-bond acceptors (Lipinski definition) is 7. The molecule has 3 N–H and O–H groups in total. The molecule has 0 aliphatic carbocycles. The number of nitrogens with two attached hydrogens (primary N) is 1. The summed E-state index contributed by atoms with van der Waals surface area (Å²) in [6.45, 7) is 2.29. The molecule has 0 unspecified atom stereocenters. The van der Waals surface area contributed by atoms with Gasteiger partial charge in [-0.15, -0.1) is 0 Å². The Labute approximate surface area is 185 Å². The van der Waals surface area contributed by atoms with Gasteiger partial charge in [0.1, 0.15) is 12.9 Å². The van der Waals surface area contributed by atoms with E-state index in [0.717, 1.165) is 53.6 Å². The number of benzene rings is 1. The molecule has 1 aromatic carbocycles. The number of nitrogens with one attached hydrogen (secondary N) is 1. The van der Waals surface area contributed by atoms with Crippen molar-refractivity contribution in [1.82, 2.24) is 20.1 Å². The Morgan fingerprint density at radius 2 is 2.03 bits per heavy atom. The van der Waals surface area contributed by atoms with Crippen molar-refractivity contribution >= 4 is 16.8 Å². The quantitative estimate of drug-likeness (QED) is 0.479. The summed E-state index contributed by atoms with van der Waals surface area (Å²) in [4.78, 5) is 4.34. The first-order valence-electron chi connectivity index (χ1n) is 10.7. The van der Waals surface area contributed by atoms with Gasteiger partial charge in [0, 0.05) is 23.5 Å². The molecule has 162 valence electrons. The second-order valence-corrected chi connectivity index (χ2v) is 7.95. The highest BCUT2D eigenvalue weighted by molar-refractivity contribution is 5.97. The van der Waals surface area contributed by atoms with E-state index in [4.69, 9.17) is 20.1 Å². The van der Waals surface area contributed by atoms with E-state index >= 15 is 0 Å². The van der Waals surface area contributed by atoms with Crippen LogP contribution in [0.25, 0.3) is 22.1 Å². The van der Waals surface area contributed by atoms with E-state index in [-0.39, 0.29) is 12.4 Å². The van der Waals surface area contributed by atoms with Gasteiger partial charge in [0.05, 0.1) is 30.1 Å². The molecule has 0 amide bonds. The Kier molecular flexibility index (Phi) is 5.48. The number of nitriles is 1. The fourth-order valence-electron chi connectivity index (χ4n) is 4.20. The lowest BCUT2D eigenvalue weighted by Crippen LogP contribution is -2.29. The van der Waals surface area contributed by atoms with Gasteiger partial charge >= 0.3 is 0 Å². The molecule has 3 aromatic heterocycles. The number of pyridine rings is 1. The molecule has 1 aliphatic rings. The molecular formula is C24H24N6O2. The second kappa shape index (κ2) is 8.73. The molecule has 0 radical (unpaired) electrons. The van der Waals surface area contributed by atoms with Crippen molar-refractivity contribution in [3.8, 4) is 22.9 Å². The summed E-state index contributed by atoms with van der Waals surface area (Å²) < 4.78 is 14.0. The first-order chi connectivity index (χ1) is 15.7. The second-order valence-electron chi connectivity index (χ2n) is 7.95. The van der Waals surface area contributed by atoms with Crippen LogP contribution in [-0.4, -0.2) is 27.9 Å². The normalized spacial score (nSPS) is 14.5. The van der Waals surface area contributed by atoms with Crippen molar-refractivity contribution in [2.75, 3.05) is 18.8 Å². The van der Waals surface area contributed by atoms with Crippen LogP contribution >= 0.6 is 0 Å². The molecule has 1 aliphatic heterocycles. The lowest BCUT2D eigenvalue weighted by Gasteiger charge is -2.22. The maximum absolute atomic E-state index is 9.06. The van der Waals surface area contributed by atoms with E-state index in [1.54, 1.807) is 12.5 Å². The predicted molar refractivity (Wildman–Crippen MR) is 121 cm³/mol. The molecule has 4 aromatic rings. The lowest BCUT2D eigenvalue weighted by molar-refractivity contribution is 0.305. The first kappa shape index (κ1) is 20.1. The van der Waals surface area contributed by atoms with Gasteiger partial charge in [0.25, 0.3) is 0 Å². The number of ether oxygens (including phenoxy) is 1. The van der Waals surface area contributed by atoms with Crippen LogP contribution in [0.4, 0.5) is 5.82 Å². The zero-order valence-corrected chi connectivity index (χ0v) is 17.6. The third-order valence-electron chi connectivity index (χ3n) is 5.96. The summed E-state index contributed by atoms with van der Waals surface area (Å²) in [5.74, 6) is 0.674. The van der Waals surface area contributed by atoms with Crippen molar-refractivity contribution in [1.29, 1.82) is 5.26 Å². The van der Waals surface area contributed by atoms with Crippen LogP contribution in [0.15, 0.2) is 53.5 Å². The molecule has 32 heavy (non-hydrogen) atoms. The molecule has 0 atom stereocenters. The Morgan fingerprint density at radius 3 is 2.84 bits per heavy atom. The first-order valence-corrected chi connectivity index (χ1v) is 10.7. The molecule has 5 rings (SSSR count). The number of aromatic nitrogens is 3. The molecule has 0 saturated carbocycles. The molecule has 8 heteroatoms. The van der Waals surface area contributed by atoms with E-state index in [0.29, 0.717) is 23.8 Å². The van der Waals surface area contributed by atoms with Gasteiger partial charge in [-0.3, -0.25) is 4.68 Å². The highest BCUT2D eigenvalue weighted by Crippen LogP contribution is 2.38. The van der Waals surface area contributed by atoms with Crippen molar-refractivity contribution in [2.45, 2.75) is 31.9 Å². The number of anilines is 1. The third kappa shape index (κ3) is 3.79. The standard InChI is InChI=1S/C24H24N6O2/c25-8-5-16-3-1-2-4-17(16)14-31-23-22-20(12-28-24(23)26)21(15-32-22)18-11-29-30(13-18)19-6-9-27-10-7-19/h1-4,11-13,15,19,27H,5-7,9-10,14H2,(H2,26,28). The van der Waals surface area contributed by atoms with Gasteiger partial charge in [0.15, 0.2) is 11.4 Å². The van der Waals surface area contributed by atoms with Gasteiger partial charge in [0.2, 0.25) is 5.75 Å². The Balaban J connectivity index is 1.43. The minimum absolute atomic E-state index is 0.265. The number of nitrogen functional groups attached to an aromatic ring is 1. The fraction of sp³-hybridized carbons (Fsp3) is 0.292. The molecular weight excluding hydrogens is 404 g/mol. The van der Waals surface area contributed by atoms with Gasteiger partial charge in [-0.1, -0.05) is 24.3 Å². The predicted octanol–water partition coefficient (Wildman–Crippen LogP) is 3.84. The maximum Gasteiger partial charge on any atom is 0.205 e. The monoisotopic (exact) mass is 428 g/mol. The summed E-state index contributed by atoms with van der Waals surface area (Å²) in [6, 6.07) is 10.3. The summed E-state index contributed by atoms with van der Waals surface area (Å²) in [6.07, 6.45) is 9.79. The van der Waals surface area contributed by atoms with Gasteiger partial charge in [-0.25, -0.2) is 4.98 Å². The van der Waals surface area contributed by atoms with E-state index in [1.165, 1.54) is 0 Å². The summed E-state index contributed by atoms with van der Waals surface area (Å²) >= 11 is 0. The van der Waals surface area contributed by atoms with E-state index in [9.17, 15) is 0 Å². The zero-order valence-electron chi connectivity index (χ0n) is 17.6. The van der Waals surface area contributed by atoms with Crippen LogP contribution in [0.5, 0.6) is 5.75 Å². The SMILES string of the molecule is N#CCc1ccccc1COc1c(N)ncc2c(-c3cnn(C4CCNCC4)c3)coc12. The number of fused-ring (bicyclic) bond motifs is 1. The van der Waals surface area contributed by atoms with E-state index < -0.39 is 0 Å². The highest BCUT2D eigenvalue weighted by Gasteiger charge is 2.20. The third-order valence-corrected chi connectivity index (χ3v) is 5.96. The van der Waals surface area contributed by atoms with Gasteiger partial charge in [-0.05, 0) is 37.1 Å². The summed E-state index contributed by atoms with van der Waals surface area (Å²) in [5.41, 5.74) is 10.4. The molecule has 1 fully saturated rings. The van der Waals surface area contributed by atoms with Crippen LogP contribution in [0.2, 0.25) is 0 Å². The van der Waals surface area contributed by atoms with E-state index in [2.05, 4.69) is 27.7 Å². The lowest BCUT2D eigenvalue weighted by atomic mass is 10.1. The van der Waals surface area contributed by atoms with Crippen LogP contribution in [0, 0.1) is 11.3 Å². The van der Waals surface area contributed by atoms with Crippen LogP contribution in [0.1, 0.15) is 30.0 Å². The average Bonchev–Trinajstić information content (AvgIpc) is 3.47. The topological polar surface area (TPSA) is 115 Å². The molecule has 4 heterocycles. The van der Waals surface area contributed by atoms with Gasteiger partial charge in [-0.2, -0.15) is 10.4 Å². The Hall–Kier alpha value is -3.83. The van der Waals surface area contributed by atoms with Crippen molar-refractivity contribution in [3.05, 3.63) is 60.2 Å². The number of piperidine rings is 1. The van der Waals surface area contributed by atoms with Crippen LogP contribution < -0.4 is 15.8 Å². The molecule has 0 spiro atoms. The maximum atomic E-state index is 9.06. The van der Waals surface area contributed by atoms with Crippen molar-refractivity contribution < 1.29 is 9.15 Å². The number of furan rings is 1. The largest absolute Gasteiger partial charge is 0.482 e. The minimum Gasteiger partial charge on any atom is -0.482 e. The number of nitrogens with zero attached hydrogens (tertiary/aromatic N) is 4. The zero-order chi connectivity index (χ0) is 21.9. The highest BCUT2D eigenvalue weighted by atomic mass is 16.5. The fourth-order valence-corrected chi connectivity index (χ4v) is 4.20.